The van der Waals surface area contributed by atoms with Gasteiger partial charge in [-0.05, 0) is 36.9 Å². The van der Waals surface area contributed by atoms with Crippen molar-refractivity contribution in [2.45, 2.75) is 6.04 Å². The second-order valence-corrected chi connectivity index (χ2v) is 4.24. The largest absolute Gasteiger partial charge is 0.497 e. The molecule has 0 fully saturated rings. The average Bonchev–Trinajstić information content (AvgIpc) is 2.49. The Labute approximate surface area is 117 Å². The van der Waals surface area contributed by atoms with Gasteiger partial charge in [-0.25, -0.2) is 4.39 Å². The first-order valence-corrected chi connectivity index (χ1v) is 6.20. The van der Waals surface area contributed by atoms with Crippen LogP contribution in [-0.4, -0.2) is 26.3 Å². The summed E-state index contributed by atoms with van der Waals surface area (Å²) in [6.45, 7) is 0. The normalized spacial score (nSPS) is 12.0. The van der Waals surface area contributed by atoms with Crippen molar-refractivity contribution < 1.29 is 13.9 Å². The van der Waals surface area contributed by atoms with Gasteiger partial charge in [-0.1, -0.05) is 0 Å². The molecule has 0 saturated heterocycles. The molecule has 1 aromatic carbocycles. The molecule has 4 nitrogen and oxygen atoms in total. The summed E-state index contributed by atoms with van der Waals surface area (Å²) in [5.74, 6) is 0.945. The molecule has 1 N–H and O–H groups in total. The number of aromatic nitrogens is 1. The molecule has 1 unspecified atom stereocenters. The highest BCUT2D eigenvalue weighted by atomic mass is 19.1. The summed E-state index contributed by atoms with van der Waals surface area (Å²) in [6.07, 6.45) is 1.57. The lowest BCUT2D eigenvalue weighted by Gasteiger charge is -2.18. The highest BCUT2D eigenvalue weighted by molar-refractivity contribution is 5.42. The number of nitrogens with one attached hydrogen (secondary N) is 1. The Balaban J connectivity index is 2.49. The van der Waals surface area contributed by atoms with E-state index in [1.165, 1.54) is 6.07 Å². The lowest BCUT2D eigenvalue weighted by atomic mass is 10.0. The van der Waals surface area contributed by atoms with Crippen LogP contribution in [0.15, 0.2) is 36.5 Å². The fourth-order valence-corrected chi connectivity index (χ4v) is 2.07. The summed E-state index contributed by atoms with van der Waals surface area (Å²) in [5.41, 5.74) is 1.16. The van der Waals surface area contributed by atoms with Gasteiger partial charge in [-0.15, -0.1) is 0 Å². The Morgan fingerprint density at radius 3 is 2.30 bits per heavy atom. The Kier molecular flexibility index (Phi) is 4.53. The maximum atomic E-state index is 13.9. The molecule has 20 heavy (non-hydrogen) atoms. The van der Waals surface area contributed by atoms with Crippen molar-refractivity contribution in [2.24, 2.45) is 0 Å². The van der Waals surface area contributed by atoms with Gasteiger partial charge in [-0.2, -0.15) is 0 Å². The van der Waals surface area contributed by atoms with Gasteiger partial charge in [0, 0.05) is 12.3 Å². The molecular formula is C15H17FN2O2. The number of halogens is 1. The lowest BCUT2D eigenvalue weighted by molar-refractivity contribution is 0.392. The third kappa shape index (κ3) is 2.88. The quantitative estimate of drug-likeness (QED) is 0.911. The van der Waals surface area contributed by atoms with E-state index < -0.39 is 0 Å². The van der Waals surface area contributed by atoms with Crippen LogP contribution in [0.5, 0.6) is 11.5 Å². The minimum absolute atomic E-state index is 0.338. The van der Waals surface area contributed by atoms with Gasteiger partial charge in [0.15, 0.2) is 0 Å². The van der Waals surface area contributed by atoms with Gasteiger partial charge in [0.2, 0.25) is 0 Å². The molecule has 2 rings (SSSR count). The van der Waals surface area contributed by atoms with Gasteiger partial charge in [0.05, 0.1) is 26.0 Å². The summed E-state index contributed by atoms with van der Waals surface area (Å²) < 4.78 is 24.4. The van der Waals surface area contributed by atoms with Crippen LogP contribution in [0.4, 0.5) is 4.39 Å². The molecule has 0 aliphatic heterocycles. The standard InChI is InChI=1S/C15H17FN2O2/c1-17-14(15-13(16)5-4-6-18-15)10-7-11(19-2)9-12(8-10)20-3/h4-9,14,17H,1-3H3. The van der Waals surface area contributed by atoms with Crippen molar-refractivity contribution in [3.63, 3.8) is 0 Å². The fourth-order valence-electron chi connectivity index (χ4n) is 2.07. The van der Waals surface area contributed by atoms with Gasteiger partial charge in [0.1, 0.15) is 17.3 Å². The van der Waals surface area contributed by atoms with Crippen molar-refractivity contribution in [1.82, 2.24) is 10.3 Å². The smallest absolute Gasteiger partial charge is 0.146 e. The first-order valence-electron chi connectivity index (χ1n) is 6.20. The molecular weight excluding hydrogens is 259 g/mol. The topological polar surface area (TPSA) is 43.4 Å². The molecule has 0 bridgehead atoms. The Bertz CT molecular complexity index is 568. The summed E-state index contributed by atoms with van der Waals surface area (Å²) in [5, 5.41) is 3.06. The average molecular weight is 276 g/mol. The Morgan fingerprint density at radius 1 is 1.15 bits per heavy atom. The second-order valence-electron chi connectivity index (χ2n) is 4.24. The molecule has 1 heterocycles. The van der Waals surface area contributed by atoms with Crippen molar-refractivity contribution in [3.8, 4) is 11.5 Å². The number of rotatable bonds is 5. The van der Waals surface area contributed by atoms with Crippen LogP contribution in [0, 0.1) is 5.82 Å². The first-order chi connectivity index (χ1) is 9.69. The Hall–Kier alpha value is -2.14. The van der Waals surface area contributed by atoms with E-state index >= 15 is 0 Å². The molecule has 0 saturated carbocycles. The third-order valence-electron chi connectivity index (χ3n) is 3.06. The maximum Gasteiger partial charge on any atom is 0.146 e. The molecule has 0 aliphatic carbocycles. The molecule has 1 aromatic heterocycles. The molecule has 0 spiro atoms. The number of hydrogen-bond acceptors (Lipinski definition) is 4. The molecule has 0 amide bonds. The summed E-state index contributed by atoms with van der Waals surface area (Å²) >= 11 is 0. The third-order valence-corrected chi connectivity index (χ3v) is 3.06. The van der Waals surface area contributed by atoms with Gasteiger partial charge in [0.25, 0.3) is 0 Å². The number of methoxy groups -OCH3 is 2. The van der Waals surface area contributed by atoms with Gasteiger partial charge in [-0.3, -0.25) is 4.98 Å². The summed E-state index contributed by atoms with van der Waals surface area (Å²) in [4.78, 5) is 4.12. The molecule has 106 valence electrons. The molecule has 2 aromatic rings. The highest BCUT2D eigenvalue weighted by Gasteiger charge is 2.19. The van der Waals surface area contributed by atoms with Crippen LogP contribution in [-0.2, 0) is 0 Å². The first kappa shape index (κ1) is 14.3. The molecule has 0 aliphatic rings. The lowest BCUT2D eigenvalue weighted by Crippen LogP contribution is -2.20. The minimum atomic E-state index is -0.375. The molecule has 1 atom stereocenters. The predicted octanol–water partition coefficient (Wildman–Crippen LogP) is 2.55. The van der Waals surface area contributed by atoms with Crippen molar-refractivity contribution >= 4 is 0 Å². The summed E-state index contributed by atoms with van der Waals surface area (Å²) in [6, 6.07) is 8.02. The maximum absolute atomic E-state index is 13.9. The van der Waals surface area contributed by atoms with Crippen LogP contribution >= 0.6 is 0 Å². The van der Waals surface area contributed by atoms with E-state index in [1.807, 2.05) is 12.1 Å². The zero-order chi connectivity index (χ0) is 14.5. The Morgan fingerprint density at radius 2 is 1.80 bits per heavy atom. The second kappa shape index (κ2) is 6.34. The van der Waals surface area contributed by atoms with Crippen LogP contribution in [0.2, 0.25) is 0 Å². The van der Waals surface area contributed by atoms with E-state index in [0.717, 1.165) is 5.56 Å². The number of pyridine rings is 1. The zero-order valence-electron chi connectivity index (χ0n) is 11.7. The van der Waals surface area contributed by atoms with E-state index in [0.29, 0.717) is 17.2 Å². The number of benzene rings is 1. The minimum Gasteiger partial charge on any atom is -0.497 e. The van der Waals surface area contributed by atoms with E-state index in [4.69, 9.17) is 9.47 Å². The fraction of sp³-hybridized carbons (Fsp3) is 0.267. The van der Waals surface area contributed by atoms with E-state index in [2.05, 4.69) is 10.3 Å². The van der Waals surface area contributed by atoms with Crippen LogP contribution in [0.3, 0.4) is 0 Å². The van der Waals surface area contributed by atoms with Gasteiger partial charge < -0.3 is 14.8 Å². The number of ether oxygens (including phenoxy) is 2. The van der Waals surface area contributed by atoms with Crippen LogP contribution in [0.1, 0.15) is 17.3 Å². The number of nitrogens with zero attached hydrogens (tertiary/aromatic N) is 1. The summed E-state index contributed by atoms with van der Waals surface area (Å²) in [7, 11) is 4.91. The van der Waals surface area contributed by atoms with Crippen molar-refractivity contribution in [1.29, 1.82) is 0 Å². The predicted molar refractivity (Wildman–Crippen MR) is 74.6 cm³/mol. The van der Waals surface area contributed by atoms with Crippen LogP contribution in [0.25, 0.3) is 0 Å². The van der Waals surface area contributed by atoms with Crippen LogP contribution < -0.4 is 14.8 Å². The van der Waals surface area contributed by atoms with Crippen molar-refractivity contribution in [2.75, 3.05) is 21.3 Å². The molecule has 5 heteroatoms. The highest BCUT2D eigenvalue weighted by Crippen LogP contribution is 2.29. The molecule has 0 radical (unpaired) electrons. The van der Waals surface area contributed by atoms with E-state index in [-0.39, 0.29) is 11.9 Å². The van der Waals surface area contributed by atoms with E-state index in [9.17, 15) is 4.39 Å². The zero-order valence-corrected chi connectivity index (χ0v) is 11.7. The SMILES string of the molecule is CNC(c1cc(OC)cc(OC)c1)c1ncccc1F. The number of hydrogen-bond donors (Lipinski definition) is 1. The van der Waals surface area contributed by atoms with Crippen molar-refractivity contribution in [3.05, 3.63) is 53.6 Å². The van der Waals surface area contributed by atoms with Gasteiger partial charge >= 0.3 is 0 Å². The monoisotopic (exact) mass is 276 g/mol. The van der Waals surface area contributed by atoms with E-state index in [1.54, 1.807) is 39.6 Å².